The molecule has 2 N–H and O–H groups in total. The summed E-state index contributed by atoms with van der Waals surface area (Å²) in [5.41, 5.74) is -0.493. The highest BCUT2D eigenvalue weighted by Crippen LogP contribution is 2.30. The van der Waals surface area contributed by atoms with Crippen LogP contribution in [-0.2, 0) is 6.18 Å². The fraction of sp³-hybridized carbons (Fsp3) is 0.167. The monoisotopic (exact) mass is 269 g/mol. The lowest BCUT2D eigenvalue weighted by Gasteiger charge is -2.09. The molecule has 0 saturated heterocycles. The van der Waals surface area contributed by atoms with Crippen LogP contribution in [0.3, 0.4) is 0 Å². The van der Waals surface area contributed by atoms with E-state index in [1.807, 2.05) is 0 Å². The number of nitrogens with zero attached hydrogens (tertiary/aromatic N) is 1. The summed E-state index contributed by atoms with van der Waals surface area (Å²) < 4.78 is 37.6. The first-order valence-electron chi connectivity index (χ1n) is 5.36. The third kappa shape index (κ3) is 3.12. The Hall–Kier alpha value is -2.31. The number of nitrogens with one attached hydrogen (secondary N) is 2. The van der Waals surface area contributed by atoms with Crippen LogP contribution in [0.1, 0.15) is 11.1 Å². The van der Waals surface area contributed by atoms with E-state index in [2.05, 4.69) is 15.3 Å². The molecule has 2 aromatic rings. The molecule has 0 amide bonds. The van der Waals surface area contributed by atoms with Crippen LogP contribution >= 0.6 is 0 Å². The lowest BCUT2D eigenvalue weighted by atomic mass is 10.2. The molecule has 0 aliphatic rings. The molecule has 0 saturated carbocycles. The first-order chi connectivity index (χ1) is 8.86. The summed E-state index contributed by atoms with van der Waals surface area (Å²) in [6, 6.07) is 4.64. The predicted molar refractivity (Wildman–Crippen MR) is 64.3 cm³/mol. The maximum absolute atomic E-state index is 12.5. The molecule has 0 spiro atoms. The number of benzene rings is 1. The van der Waals surface area contributed by atoms with Gasteiger partial charge in [0.1, 0.15) is 0 Å². The predicted octanol–water partition coefficient (Wildman–Crippen LogP) is 2.84. The Morgan fingerprint density at radius 3 is 2.68 bits per heavy atom. The van der Waals surface area contributed by atoms with Crippen molar-refractivity contribution in [2.24, 2.45) is 0 Å². The number of halogens is 3. The molecule has 100 valence electrons. The summed E-state index contributed by atoms with van der Waals surface area (Å²) in [5.74, 6) is 0.0925. The lowest BCUT2D eigenvalue weighted by molar-refractivity contribution is -0.137. The summed E-state index contributed by atoms with van der Waals surface area (Å²) >= 11 is 0. The second kappa shape index (κ2) is 4.75. The SMILES string of the molecule is Cc1cnc(Nc2cccc(C(F)(F)F)c2)[nH]c1=O. The third-order valence-corrected chi connectivity index (χ3v) is 2.43. The fourth-order valence-corrected chi connectivity index (χ4v) is 1.43. The number of anilines is 2. The standard InChI is InChI=1S/C12H10F3N3O/c1-7-6-16-11(18-10(7)19)17-9-4-2-3-8(5-9)12(13,14)15/h2-6H,1H3,(H2,16,17,18,19). The Kier molecular flexibility index (Phi) is 3.28. The van der Waals surface area contributed by atoms with Crippen molar-refractivity contribution in [2.45, 2.75) is 13.1 Å². The van der Waals surface area contributed by atoms with E-state index in [1.165, 1.54) is 18.3 Å². The maximum atomic E-state index is 12.5. The van der Waals surface area contributed by atoms with Crippen molar-refractivity contribution < 1.29 is 13.2 Å². The van der Waals surface area contributed by atoms with Gasteiger partial charge in [-0.15, -0.1) is 0 Å². The normalized spacial score (nSPS) is 11.4. The van der Waals surface area contributed by atoms with E-state index in [4.69, 9.17) is 0 Å². The molecular formula is C12H10F3N3O. The van der Waals surface area contributed by atoms with Gasteiger partial charge in [-0.2, -0.15) is 13.2 Å². The Labute approximate surface area is 106 Å². The van der Waals surface area contributed by atoms with Crippen molar-refractivity contribution in [3.05, 3.63) is 51.9 Å². The highest BCUT2D eigenvalue weighted by atomic mass is 19.4. The highest BCUT2D eigenvalue weighted by molar-refractivity contribution is 5.54. The first kappa shape index (κ1) is 13.1. The molecule has 0 atom stereocenters. The Morgan fingerprint density at radius 1 is 1.32 bits per heavy atom. The van der Waals surface area contributed by atoms with Crippen LogP contribution in [0.5, 0.6) is 0 Å². The van der Waals surface area contributed by atoms with Crippen LogP contribution < -0.4 is 10.9 Å². The molecule has 7 heteroatoms. The van der Waals surface area contributed by atoms with E-state index in [9.17, 15) is 18.0 Å². The molecule has 0 radical (unpaired) electrons. The minimum absolute atomic E-state index is 0.0925. The van der Waals surface area contributed by atoms with E-state index in [-0.39, 0.29) is 17.2 Å². The van der Waals surface area contributed by atoms with Crippen LogP contribution in [0.4, 0.5) is 24.8 Å². The molecular weight excluding hydrogens is 259 g/mol. The van der Waals surface area contributed by atoms with Crippen LogP contribution in [0.2, 0.25) is 0 Å². The molecule has 0 fully saturated rings. The number of alkyl halides is 3. The summed E-state index contributed by atoms with van der Waals surface area (Å²) in [6.07, 6.45) is -3.07. The van der Waals surface area contributed by atoms with Gasteiger partial charge >= 0.3 is 6.18 Å². The Balaban J connectivity index is 2.28. The smallest absolute Gasteiger partial charge is 0.326 e. The summed E-state index contributed by atoms with van der Waals surface area (Å²) in [7, 11) is 0. The van der Waals surface area contributed by atoms with Gasteiger partial charge in [0.15, 0.2) is 0 Å². The third-order valence-electron chi connectivity index (χ3n) is 2.43. The fourth-order valence-electron chi connectivity index (χ4n) is 1.43. The lowest BCUT2D eigenvalue weighted by Crippen LogP contribution is -2.13. The number of aromatic nitrogens is 2. The highest BCUT2D eigenvalue weighted by Gasteiger charge is 2.30. The van der Waals surface area contributed by atoms with Gasteiger partial charge in [0.05, 0.1) is 5.56 Å². The number of aromatic amines is 1. The minimum atomic E-state index is -4.41. The second-order valence-electron chi connectivity index (χ2n) is 3.95. The van der Waals surface area contributed by atoms with Gasteiger partial charge in [-0.25, -0.2) is 4.98 Å². The van der Waals surface area contributed by atoms with E-state index in [1.54, 1.807) is 6.92 Å². The van der Waals surface area contributed by atoms with Crippen molar-refractivity contribution in [3.63, 3.8) is 0 Å². The molecule has 0 unspecified atom stereocenters. The molecule has 4 nitrogen and oxygen atoms in total. The minimum Gasteiger partial charge on any atom is -0.326 e. The molecule has 0 aliphatic carbocycles. The number of hydrogen-bond acceptors (Lipinski definition) is 3. The van der Waals surface area contributed by atoms with Crippen LogP contribution in [-0.4, -0.2) is 9.97 Å². The molecule has 19 heavy (non-hydrogen) atoms. The summed E-state index contributed by atoms with van der Waals surface area (Å²) in [6.45, 7) is 1.58. The van der Waals surface area contributed by atoms with Crippen molar-refractivity contribution in [1.29, 1.82) is 0 Å². The van der Waals surface area contributed by atoms with Gasteiger partial charge in [0.25, 0.3) is 5.56 Å². The summed E-state index contributed by atoms with van der Waals surface area (Å²) in [4.78, 5) is 17.6. The van der Waals surface area contributed by atoms with Gasteiger partial charge in [0.2, 0.25) is 5.95 Å². The van der Waals surface area contributed by atoms with Crippen molar-refractivity contribution in [2.75, 3.05) is 5.32 Å². The van der Waals surface area contributed by atoms with Crippen molar-refractivity contribution >= 4 is 11.6 Å². The number of aryl methyl sites for hydroxylation is 1. The molecule has 1 aromatic heterocycles. The van der Waals surface area contributed by atoms with Crippen molar-refractivity contribution in [3.8, 4) is 0 Å². The zero-order chi connectivity index (χ0) is 14.0. The van der Waals surface area contributed by atoms with E-state index < -0.39 is 11.7 Å². The van der Waals surface area contributed by atoms with Gasteiger partial charge < -0.3 is 5.32 Å². The van der Waals surface area contributed by atoms with Crippen molar-refractivity contribution in [1.82, 2.24) is 9.97 Å². The first-order valence-corrected chi connectivity index (χ1v) is 5.36. The zero-order valence-electron chi connectivity index (χ0n) is 9.88. The number of rotatable bonds is 2. The van der Waals surface area contributed by atoms with Gasteiger partial charge in [0, 0.05) is 17.4 Å². The van der Waals surface area contributed by atoms with Gasteiger partial charge in [-0.3, -0.25) is 9.78 Å². The van der Waals surface area contributed by atoms with Crippen LogP contribution in [0, 0.1) is 6.92 Å². The molecule has 1 aromatic carbocycles. The van der Waals surface area contributed by atoms with Crippen LogP contribution in [0.25, 0.3) is 0 Å². The average molecular weight is 269 g/mol. The van der Waals surface area contributed by atoms with Gasteiger partial charge in [-0.1, -0.05) is 6.07 Å². The van der Waals surface area contributed by atoms with E-state index in [0.29, 0.717) is 5.56 Å². The molecule has 0 bridgehead atoms. The van der Waals surface area contributed by atoms with Crippen LogP contribution in [0.15, 0.2) is 35.3 Å². The maximum Gasteiger partial charge on any atom is 0.416 e. The van der Waals surface area contributed by atoms with E-state index in [0.717, 1.165) is 12.1 Å². The number of H-pyrrole nitrogens is 1. The molecule has 0 aliphatic heterocycles. The Morgan fingerprint density at radius 2 is 2.05 bits per heavy atom. The van der Waals surface area contributed by atoms with E-state index >= 15 is 0 Å². The zero-order valence-corrected chi connectivity index (χ0v) is 9.88. The summed E-state index contributed by atoms with van der Waals surface area (Å²) in [5, 5.41) is 2.62. The quantitative estimate of drug-likeness (QED) is 0.881. The molecule has 2 rings (SSSR count). The average Bonchev–Trinajstić information content (AvgIpc) is 2.33. The largest absolute Gasteiger partial charge is 0.416 e. The second-order valence-corrected chi connectivity index (χ2v) is 3.95. The molecule has 1 heterocycles. The topological polar surface area (TPSA) is 57.8 Å². The van der Waals surface area contributed by atoms with Gasteiger partial charge in [-0.05, 0) is 25.1 Å². The Bertz CT molecular complexity index is 649. The number of hydrogen-bond donors (Lipinski definition) is 2.